The third-order valence-electron chi connectivity index (χ3n) is 2.84. The first kappa shape index (κ1) is 14.5. The van der Waals surface area contributed by atoms with Crippen molar-refractivity contribution in [3.8, 4) is 5.75 Å². The molecule has 2 aromatic rings. The van der Waals surface area contributed by atoms with Crippen LogP contribution in [0.4, 0.5) is 0 Å². The Hall–Kier alpha value is -1.95. The summed E-state index contributed by atoms with van der Waals surface area (Å²) in [6, 6.07) is 8.40. The normalized spacial score (nSPS) is 11.0. The minimum atomic E-state index is 0.406. The van der Waals surface area contributed by atoms with Crippen molar-refractivity contribution in [2.24, 2.45) is 0 Å². The standard InChI is InChI=1S/C14H21N5O/c1-11(2)15-10-14-16-17-18-19(14)7-8-20-13-6-4-5-12(3)9-13/h4-6,9,11,15H,7-8,10H2,1-3H3. The van der Waals surface area contributed by atoms with Crippen LogP contribution in [-0.2, 0) is 13.1 Å². The molecule has 0 unspecified atom stereocenters. The van der Waals surface area contributed by atoms with E-state index in [1.807, 2.05) is 31.2 Å². The number of benzene rings is 1. The van der Waals surface area contributed by atoms with Gasteiger partial charge in [-0.25, -0.2) is 4.68 Å². The van der Waals surface area contributed by atoms with Crippen molar-refractivity contribution in [3.05, 3.63) is 35.7 Å². The first-order valence-corrected chi connectivity index (χ1v) is 6.83. The van der Waals surface area contributed by atoms with Gasteiger partial charge in [0.25, 0.3) is 0 Å². The maximum Gasteiger partial charge on any atom is 0.165 e. The van der Waals surface area contributed by atoms with E-state index in [1.165, 1.54) is 5.56 Å². The highest BCUT2D eigenvalue weighted by atomic mass is 16.5. The summed E-state index contributed by atoms with van der Waals surface area (Å²) in [5, 5.41) is 15.0. The lowest BCUT2D eigenvalue weighted by Gasteiger charge is -2.09. The van der Waals surface area contributed by atoms with Gasteiger partial charge in [0.2, 0.25) is 0 Å². The average Bonchev–Trinajstić information content (AvgIpc) is 2.84. The fourth-order valence-electron chi connectivity index (χ4n) is 1.77. The van der Waals surface area contributed by atoms with E-state index in [0.29, 0.717) is 25.7 Å². The van der Waals surface area contributed by atoms with Crippen molar-refractivity contribution in [1.29, 1.82) is 0 Å². The molecule has 0 amide bonds. The third kappa shape index (κ3) is 4.31. The van der Waals surface area contributed by atoms with Gasteiger partial charge in [-0.2, -0.15) is 0 Å². The minimum Gasteiger partial charge on any atom is -0.492 e. The van der Waals surface area contributed by atoms with Crippen LogP contribution in [0.3, 0.4) is 0 Å². The van der Waals surface area contributed by atoms with Crippen molar-refractivity contribution in [3.63, 3.8) is 0 Å². The van der Waals surface area contributed by atoms with Gasteiger partial charge < -0.3 is 10.1 Å². The first-order chi connectivity index (χ1) is 9.65. The summed E-state index contributed by atoms with van der Waals surface area (Å²) in [4.78, 5) is 0. The van der Waals surface area contributed by atoms with Gasteiger partial charge in [0, 0.05) is 6.04 Å². The highest BCUT2D eigenvalue weighted by Gasteiger charge is 2.06. The van der Waals surface area contributed by atoms with Crippen LogP contribution in [0, 0.1) is 6.92 Å². The molecule has 0 aliphatic rings. The number of aryl methyl sites for hydroxylation is 1. The molecule has 0 saturated heterocycles. The van der Waals surface area contributed by atoms with Crippen LogP contribution in [0.25, 0.3) is 0 Å². The van der Waals surface area contributed by atoms with Crippen LogP contribution in [0.15, 0.2) is 24.3 Å². The molecule has 1 N–H and O–H groups in total. The molecule has 0 radical (unpaired) electrons. The van der Waals surface area contributed by atoms with Crippen LogP contribution in [-0.4, -0.2) is 32.9 Å². The van der Waals surface area contributed by atoms with Gasteiger partial charge in [-0.15, -0.1) is 5.10 Å². The summed E-state index contributed by atoms with van der Waals surface area (Å²) >= 11 is 0. The molecule has 0 saturated carbocycles. The Kier molecular flexibility index (Phi) is 5.06. The second kappa shape index (κ2) is 7.00. The van der Waals surface area contributed by atoms with Crippen molar-refractivity contribution in [2.75, 3.05) is 6.61 Å². The van der Waals surface area contributed by atoms with Crippen LogP contribution >= 0.6 is 0 Å². The Bertz CT molecular complexity index is 538. The minimum absolute atomic E-state index is 0.406. The predicted octanol–water partition coefficient (Wildman–Crippen LogP) is 1.56. The topological polar surface area (TPSA) is 64.9 Å². The van der Waals surface area contributed by atoms with Gasteiger partial charge in [-0.1, -0.05) is 26.0 Å². The average molecular weight is 275 g/mol. The summed E-state index contributed by atoms with van der Waals surface area (Å²) in [6.45, 7) is 8.07. The predicted molar refractivity (Wildman–Crippen MR) is 76.5 cm³/mol. The second-order valence-electron chi connectivity index (χ2n) is 5.02. The highest BCUT2D eigenvalue weighted by molar-refractivity contribution is 5.27. The van der Waals surface area contributed by atoms with E-state index >= 15 is 0 Å². The van der Waals surface area contributed by atoms with E-state index < -0.39 is 0 Å². The Morgan fingerprint density at radius 1 is 1.35 bits per heavy atom. The number of tetrazole rings is 1. The maximum atomic E-state index is 5.70. The number of rotatable bonds is 7. The Labute approximate surface area is 119 Å². The van der Waals surface area contributed by atoms with Gasteiger partial charge in [0.1, 0.15) is 12.4 Å². The van der Waals surface area contributed by atoms with E-state index in [9.17, 15) is 0 Å². The molecule has 0 aliphatic carbocycles. The molecule has 2 rings (SSSR count). The zero-order valence-electron chi connectivity index (χ0n) is 12.2. The lowest BCUT2D eigenvalue weighted by Crippen LogP contribution is -2.25. The molecule has 1 aromatic carbocycles. The summed E-state index contributed by atoms with van der Waals surface area (Å²) in [7, 11) is 0. The summed E-state index contributed by atoms with van der Waals surface area (Å²) in [5.74, 6) is 1.70. The highest BCUT2D eigenvalue weighted by Crippen LogP contribution is 2.12. The molecule has 0 spiro atoms. The third-order valence-corrected chi connectivity index (χ3v) is 2.84. The monoisotopic (exact) mass is 275 g/mol. The molecule has 0 bridgehead atoms. The number of nitrogens with zero attached hydrogens (tertiary/aromatic N) is 4. The molecule has 6 heteroatoms. The van der Waals surface area contributed by atoms with Gasteiger partial charge >= 0.3 is 0 Å². The number of hydrogen-bond acceptors (Lipinski definition) is 5. The van der Waals surface area contributed by atoms with E-state index in [0.717, 1.165) is 11.6 Å². The van der Waals surface area contributed by atoms with E-state index in [2.05, 4.69) is 34.7 Å². The first-order valence-electron chi connectivity index (χ1n) is 6.83. The van der Waals surface area contributed by atoms with Crippen LogP contribution in [0.1, 0.15) is 25.2 Å². The van der Waals surface area contributed by atoms with Crippen molar-refractivity contribution in [2.45, 2.75) is 39.9 Å². The Balaban J connectivity index is 1.83. The lowest BCUT2D eigenvalue weighted by atomic mass is 10.2. The Morgan fingerprint density at radius 2 is 2.20 bits per heavy atom. The van der Waals surface area contributed by atoms with E-state index in [-0.39, 0.29) is 0 Å². The molecule has 0 fully saturated rings. The quantitative estimate of drug-likeness (QED) is 0.830. The number of aromatic nitrogens is 4. The van der Waals surface area contributed by atoms with Gasteiger partial charge in [-0.3, -0.25) is 0 Å². The molecule has 20 heavy (non-hydrogen) atoms. The lowest BCUT2D eigenvalue weighted by molar-refractivity contribution is 0.286. The summed E-state index contributed by atoms with van der Waals surface area (Å²) < 4.78 is 7.47. The van der Waals surface area contributed by atoms with Gasteiger partial charge in [-0.05, 0) is 35.0 Å². The SMILES string of the molecule is Cc1cccc(OCCn2nnnc2CNC(C)C)c1. The van der Waals surface area contributed by atoms with E-state index in [1.54, 1.807) is 4.68 Å². The molecule has 6 nitrogen and oxygen atoms in total. The Morgan fingerprint density at radius 3 is 2.95 bits per heavy atom. The molecular formula is C14H21N5O. The number of nitrogens with one attached hydrogen (secondary N) is 1. The van der Waals surface area contributed by atoms with Crippen molar-refractivity contribution in [1.82, 2.24) is 25.5 Å². The van der Waals surface area contributed by atoms with Crippen molar-refractivity contribution < 1.29 is 4.74 Å². The smallest absolute Gasteiger partial charge is 0.165 e. The molecule has 1 heterocycles. The van der Waals surface area contributed by atoms with E-state index in [4.69, 9.17) is 4.74 Å². The zero-order chi connectivity index (χ0) is 14.4. The second-order valence-corrected chi connectivity index (χ2v) is 5.02. The molecule has 0 atom stereocenters. The van der Waals surface area contributed by atoms with Crippen LogP contribution < -0.4 is 10.1 Å². The molecule has 1 aromatic heterocycles. The summed E-state index contributed by atoms with van der Waals surface area (Å²) in [6.07, 6.45) is 0. The molecular weight excluding hydrogens is 254 g/mol. The maximum absolute atomic E-state index is 5.70. The zero-order valence-corrected chi connectivity index (χ0v) is 12.2. The molecule has 0 aliphatic heterocycles. The fraction of sp³-hybridized carbons (Fsp3) is 0.500. The fourth-order valence-corrected chi connectivity index (χ4v) is 1.77. The molecule has 108 valence electrons. The van der Waals surface area contributed by atoms with Crippen LogP contribution in [0.5, 0.6) is 5.75 Å². The van der Waals surface area contributed by atoms with Crippen molar-refractivity contribution >= 4 is 0 Å². The number of ether oxygens (including phenoxy) is 1. The largest absolute Gasteiger partial charge is 0.492 e. The van der Waals surface area contributed by atoms with Gasteiger partial charge in [0.05, 0.1) is 13.1 Å². The number of hydrogen-bond donors (Lipinski definition) is 1. The van der Waals surface area contributed by atoms with Gasteiger partial charge in [0.15, 0.2) is 5.82 Å². The van der Waals surface area contributed by atoms with Crippen LogP contribution in [0.2, 0.25) is 0 Å². The summed E-state index contributed by atoms with van der Waals surface area (Å²) in [5.41, 5.74) is 1.19.